The highest BCUT2D eigenvalue weighted by atomic mass is 79.9. The molecule has 0 aromatic heterocycles. The fraction of sp³-hybridized carbons (Fsp3) is 0.571. The number of nitrogens with one attached hydrogen (secondary N) is 1. The smallest absolute Gasteiger partial charge is 0.231 e. The van der Waals surface area contributed by atoms with E-state index in [0.717, 1.165) is 29.1 Å². The molecule has 1 aliphatic heterocycles. The largest absolute Gasteiger partial charge is 0.454 e. The van der Waals surface area contributed by atoms with Gasteiger partial charge in [0.25, 0.3) is 0 Å². The fourth-order valence-electron chi connectivity index (χ4n) is 2.43. The maximum absolute atomic E-state index is 5.42. The molecule has 1 saturated carbocycles. The second-order valence-electron chi connectivity index (χ2n) is 5.27. The fourth-order valence-corrected chi connectivity index (χ4v) is 3.03. The minimum Gasteiger partial charge on any atom is -0.454 e. The zero-order valence-electron chi connectivity index (χ0n) is 10.6. The van der Waals surface area contributed by atoms with Gasteiger partial charge in [-0.15, -0.1) is 0 Å². The Labute approximate surface area is 116 Å². The van der Waals surface area contributed by atoms with Crippen LogP contribution in [0.15, 0.2) is 16.6 Å². The molecule has 0 spiro atoms. The van der Waals surface area contributed by atoms with Crippen molar-refractivity contribution in [2.45, 2.75) is 32.7 Å². The lowest BCUT2D eigenvalue weighted by Crippen LogP contribution is -2.23. The Balaban J connectivity index is 1.61. The van der Waals surface area contributed by atoms with Crippen LogP contribution in [0, 0.1) is 5.41 Å². The van der Waals surface area contributed by atoms with Crippen LogP contribution in [-0.4, -0.2) is 13.3 Å². The van der Waals surface area contributed by atoms with Gasteiger partial charge in [0.05, 0.1) is 4.47 Å². The predicted octanol–water partition coefficient (Wildman–Crippen LogP) is 3.46. The molecule has 1 heterocycles. The van der Waals surface area contributed by atoms with E-state index in [1.54, 1.807) is 0 Å². The highest BCUT2D eigenvalue weighted by Gasteiger charge is 2.39. The molecule has 3 rings (SSSR count). The molecule has 2 aliphatic rings. The van der Waals surface area contributed by atoms with Crippen LogP contribution in [-0.2, 0) is 6.54 Å². The maximum Gasteiger partial charge on any atom is 0.231 e. The van der Waals surface area contributed by atoms with Crippen molar-refractivity contribution in [3.8, 4) is 11.5 Å². The number of benzene rings is 1. The number of halogens is 1. The van der Waals surface area contributed by atoms with Crippen molar-refractivity contribution in [1.29, 1.82) is 0 Å². The summed E-state index contributed by atoms with van der Waals surface area (Å²) in [4.78, 5) is 0. The third-order valence-electron chi connectivity index (χ3n) is 4.02. The third kappa shape index (κ3) is 2.36. The summed E-state index contributed by atoms with van der Waals surface area (Å²) in [5.41, 5.74) is 1.83. The number of hydrogen-bond donors (Lipinski definition) is 1. The normalized spacial score (nSPS) is 19.0. The van der Waals surface area contributed by atoms with Crippen LogP contribution in [0.1, 0.15) is 31.7 Å². The summed E-state index contributed by atoms with van der Waals surface area (Å²) >= 11 is 3.52. The summed E-state index contributed by atoms with van der Waals surface area (Å²) in [5, 5.41) is 3.56. The van der Waals surface area contributed by atoms with Gasteiger partial charge in [-0.3, -0.25) is 0 Å². The van der Waals surface area contributed by atoms with Gasteiger partial charge in [0.2, 0.25) is 6.79 Å². The van der Waals surface area contributed by atoms with E-state index in [1.807, 2.05) is 0 Å². The van der Waals surface area contributed by atoms with E-state index in [4.69, 9.17) is 9.47 Å². The first kappa shape index (κ1) is 12.3. The summed E-state index contributed by atoms with van der Waals surface area (Å²) in [6.07, 6.45) is 4.04. The Bertz CT molecular complexity index is 457. The molecule has 1 N–H and O–H groups in total. The van der Waals surface area contributed by atoms with Gasteiger partial charge in [0.1, 0.15) is 0 Å². The van der Waals surface area contributed by atoms with Crippen molar-refractivity contribution in [1.82, 2.24) is 5.32 Å². The van der Waals surface area contributed by atoms with Crippen LogP contribution in [0.3, 0.4) is 0 Å². The molecule has 3 nitrogen and oxygen atoms in total. The standard InChI is InChI=1S/C14H18BrNO2/c1-2-14(3-4-14)8-16-7-10-5-11(15)13-12(6-10)17-9-18-13/h5-6,16H,2-4,7-9H2,1H3. The number of hydrogen-bond acceptors (Lipinski definition) is 3. The van der Waals surface area contributed by atoms with E-state index in [-0.39, 0.29) is 0 Å². The Morgan fingerprint density at radius 3 is 2.89 bits per heavy atom. The highest BCUT2D eigenvalue weighted by molar-refractivity contribution is 9.10. The van der Waals surface area contributed by atoms with Crippen molar-refractivity contribution in [3.63, 3.8) is 0 Å². The minimum atomic E-state index is 0.323. The van der Waals surface area contributed by atoms with Crippen molar-refractivity contribution < 1.29 is 9.47 Å². The zero-order chi connectivity index (χ0) is 12.6. The van der Waals surface area contributed by atoms with Crippen LogP contribution in [0.5, 0.6) is 11.5 Å². The van der Waals surface area contributed by atoms with Crippen LogP contribution in [0.25, 0.3) is 0 Å². The summed E-state index contributed by atoms with van der Waals surface area (Å²) in [5.74, 6) is 1.67. The van der Waals surface area contributed by atoms with Crippen LogP contribution < -0.4 is 14.8 Å². The highest BCUT2D eigenvalue weighted by Crippen LogP contribution is 2.48. The van der Waals surface area contributed by atoms with Crippen molar-refractivity contribution >= 4 is 15.9 Å². The first-order valence-electron chi connectivity index (χ1n) is 6.51. The van der Waals surface area contributed by atoms with Gasteiger partial charge in [-0.2, -0.15) is 0 Å². The second-order valence-corrected chi connectivity index (χ2v) is 6.12. The van der Waals surface area contributed by atoms with Gasteiger partial charge in [-0.25, -0.2) is 0 Å². The third-order valence-corrected chi connectivity index (χ3v) is 4.61. The number of fused-ring (bicyclic) bond motifs is 1. The average molecular weight is 312 g/mol. The van der Waals surface area contributed by atoms with Gasteiger partial charge in [-0.1, -0.05) is 6.92 Å². The zero-order valence-corrected chi connectivity index (χ0v) is 12.2. The number of rotatable bonds is 5. The second kappa shape index (κ2) is 4.74. The molecule has 4 heteroatoms. The molecular formula is C14H18BrNO2. The van der Waals surface area contributed by atoms with Crippen molar-refractivity contribution in [2.75, 3.05) is 13.3 Å². The summed E-state index contributed by atoms with van der Waals surface area (Å²) in [6, 6.07) is 4.16. The molecule has 1 aromatic carbocycles. The summed E-state index contributed by atoms with van der Waals surface area (Å²) in [6.45, 7) is 4.61. The maximum atomic E-state index is 5.42. The van der Waals surface area contributed by atoms with Gasteiger partial charge in [0, 0.05) is 13.1 Å². The molecule has 0 radical (unpaired) electrons. The molecule has 1 aromatic rings. The molecule has 0 saturated heterocycles. The van der Waals surface area contributed by atoms with Crippen LogP contribution >= 0.6 is 15.9 Å². The van der Waals surface area contributed by atoms with E-state index >= 15 is 0 Å². The van der Waals surface area contributed by atoms with E-state index in [9.17, 15) is 0 Å². The van der Waals surface area contributed by atoms with E-state index < -0.39 is 0 Å². The Kier molecular flexibility index (Phi) is 3.24. The molecule has 0 atom stereocenters. The topological polar surface area (TPSA) is 30.5 Å². The quantitative estimate of drug-likeness (QED) is 0.903. The predicted molar refractivity (Wildman–Crippen MR) is 73.9 cm³/mol. The van der Waals surface area contributed by atoms with Crippen molar-refractivity contribution in [3.05, 3.63) is 22.2 Å². The van der Waals surface area contributed by atoms with E-state index in [0.29, 0.717) is 12.2 Å². The average Bonchev–Trinajstić information content (AvgIpc) is 2.97. The molecule has 1 fully saturated rings. The Morgan fingerprint density at radius 2 is 2.17 bits per heavy atom. The Hall–Kier alpha value is -0.740. The van der Waals surface area contributed by atoms with Crippen LogP contribution in [0.4, 0.5) is 0 Å². The lowest BCUT2D eigenvalue weighted by atomic mass is 10.0. The molecule has 98 valence electrons. The summed E-state index contributed by atoms with van der Waals surface area (Å²) < 4.78 is 11.8. The van der Waals surface area contributed by atoms with Gasteiger partial charge in [0.15, 0.2) is 11.5 Å². The molecule has 0 amide bonds. The van der Waals surface area contributed by atoms with Crippen LogP contribution in [0.2, 0.25) is 0 Å². The summed E-state index contributed by atoms with van der Waals surface area (Å²) in [7, 11) is 0. The van der Waals surface area contributed by atoms with Gasteiger partial charge < -0.3 is 14.8 Å². The molecule has 1 aliphatic carbocycles. The SMILES string of the molecule is CCC1(CNCc2cc(Br)c3c(c2)OCO3)CC1. The molecule has 0 unspecified atom stereocenters. The lowest BCUT2D eigenvalue weighted by molar-refractivity contribution is 0.173. The molecular weight excluding hydrogens is 294 g/mol. The van der Waals surface area contributed by atoms with Crippen molar-refractivity contribution in [2.24, 2.45) is 5.41 Å². The Morgan fingerprint density at radius 1 is 1.33 bits per heavy atom. The van der Waals surface area contributed by atoms with Gasteiger partial charge in [-0.05, 0) is 58.3 Å². The minimum absolute atomic E-state index is 0.323. The van der Waals surface area contributed by atoms with Gasteiger partial charge >= 0.3 is 0 Å². The van der Waals surface area contributed by atoms with E-state index in [1.165, 1.54) is 24.8 Å². The first-order chi connectivity index (χ1) is 8.72. The lowest BCUT2D eigenvalue weighted by Gasteiger charge is -2.13. The molecule has 0 bridgehead atoms. The monoisotopic (exact) mass is 311 g/mol. The number of ether oxygens (including phenoxy) is 2. The van der Waals surface area contributed by atoms with E-state index in [2.05, 4.69) is 40.3 Å². The first-order valence-corrected chi connectivity index (χ1v) is 7.30. The molecule has 18 heavy (non-hydrogen) atoms.